The first kappa shape index (κ1) is 8.04. The van der Waals surface area contributed by atoms with Crippen LogP contribution >= 0.6 is 0 Å². The lowest BCUT2D eigenvalue weighted by Crippen LogP contribution is -1.92. The van der Waals surface area contributed by atoms with Gasteiger partial charge in [0, 0.05) is 17.0 Å². The van der Waals surface area contributed by atoms with Crippen molar-refractivity contribution in [2.24, 2.45) is 0 Å². The van der Waals surface area contributed by atoms with Crippen molar-refractivity contribution < 1.29 is 0 Å². The lowest BCUT2D eigenvalue weighted by molar-refractivity contribution is 0.698. The van der Waals surface area contributed by atoms with Crippen LogP contribution in [0.1, 0.15) is 37.3 Å². The number of H-pyrrole nitrogens is 1. The summed E-state index contributed by atoms with van der Waals surface area (Å²) < 4.78 is 0. The van der Waals surface area contributed by atoms with E-state index in [2.05, 4.69) is 28.4 Å². The largest absolute Gasteiger partial charge is 0.281 e. The molecule has 0 atom stereocenters. The quantitative estimate of drug-likeness (QED) is 0.727. The molecule has 72 valence electrons. The minimum absolute atomic E-state index is 0.724. The Hall–Kier alpha value is -1.31. The number of nitrogens with one attached hydrogen (secondary N) is 1. The molecule has 1 aliphatic carbocycles. The molecule has 14 heavy (non-hydrogen) atoms. The third kappa shape index (κ3) is 1.14. The van der Waals surface area contributed by atoms with Crippen LogP contribution in [0.25, 0.3) is 10.9 Å². The van der Waals surface area contributed by atoms with E-state index >= 15 is 0 Å². The van der Waals surface area contributed by atoms with Gasteiger partial charge >= 0.3 is 0 Å². The van der Waals surface area contributed by atoms with Crippen molar-refractivity contribution in [3.63, 3.8) is 0 Å². The van der Waals surface area contributed by atoms with Crippen LogP contribution in [-0.2, 0) is 0 Å². The summed E-state index contributed by atoms with van der Waals surface area (Å²) in [6.45, 7) is 0. The number of aromatic amines is 1. The first-order valence-corrected chi connectivity index (χ1v) is 5.38. The monoisotopic (exact) mass is 186 g/mol. The molecule has 1 N–H and O–H groups in total. The van der Waals surface area contributed by atoms with Gasteiger partial charge in [-0.25, -0.2) is 0 Å². The SMILES string of the molecule is c1ccc2c(C3CCCC3)[nH]nc2c1. The summed E-state index contributed by atoms with van der Waals surface area (Å²) in [7, 11) is 0. The second-order valence-corrected chi connectivity index (χ2v) is 4.14. The van der Waals surface area contributed by atoms with Crippen LogP contribution in [0.2, 0.25) is 0 Å². The maximum atomic E-state index is 4.34. The molecule has 0 spiro atoms. The van der Waals surface area contributed by atoms with Crippen molar-refractivity contribution >= 4 is 10.9 Å². The third-order valence-corrected chi connectivity index (χ3v) is 3.25. The summed E-state index contributed by atoms with van der Waals surface area (Å²) in [5.41, 5.74) is 2.47. The average Bonchev–Trinajstić information content (AvgIpc) is 2.85. The van der Waals surface area contributed by atoms with E-state index < -0.39 is 0 Å². The number of nitrogens with zero attached hydrogens (tertiary/aromatic N) is 1. The Morgan fingerprint density at radius 1 is 1.14 bits per heavy atom. The smallest absolute Gasteiger partial charge is 0.0923 e. The highest BCUT2D eigenvalue weighted by Crippen LogP contribution is 2.35. The van der Waals surface area contributed by atoms with Crippen molar-refractivity contribution in [2.75, 3.05) is 0 Å². The molecule has 1 saturated carbocycles. The standard InChI is InChI=1S/C12H14N2/c1-2-6-9(5-1)12-10-7-3-4-8-11(10)13-14-12/h3-4,7-9H,1-2,5-6H2,(H,13,14). The molecule has 0 amide bonds. The third-order valence-electron chi connectivity index (χ3n) is 3.25. The molecule has 1 aromatic carbocycles. The Kier molecular flexibility index (Phi) is 1.79. The minimum atomic E-state index is 0.724. The fourth-order valence-corrected chi connectivity index (χ4v) is 2.51. The van der Waals surface area contributed by atoms with Crippen LogP contribution in [0.4, 0.5) is 0 Å². The van der Waals surface area contributed by atoms with Gasteiger partial charge in [-0.05, 0) is 18.9 Å². The molecule has 0 bridgehead atoms. The Balaban J connectivity index is 2.11. The van der Waals surface area contributed by atoms with Gasteiger partial charge in [-0.3, -0.25) is 5.10 Å². The van der Waals surface area contributed by atoms with E-state index in [0.29, 0.717) is 0 Å². The molecule has 0 radical (unpaired) electrons. The van der Waals surface area contributed by atoms with Gasteiger partial charge in [0.25, 0.3) is 0 Å². The second kappa shape index (κ2) is 3.12. The molecule has 3 rings (SSSR count). The molecule has 1 aliphatic rings. The number of para-hydroxylation sites is 1. The topological polar surface area (TPSA) is 28.7 Å². The van der Waals surface area contributed by atoms with Crippen LogP contribution in [0.3, 0.4) is 0 Å². The predicted molar refractivity (Wildman–Crippen MR) is 57.3 cm³/mol. The molecule has 2 nitrogen and oxygen atoms in total. The lowest BCUT2D eigenvalue weighted by atomic mass is 10.0. The van der Waals surface area contributed by atoms with Gasteiger partial charge in [-0.2, -0.15) is 5.10 Å². The van der Waals surface area contributed by atoms with E-state index in [0.717, 1.165) is 11.4 Å². The Morgan fingerprint density at radius 3 is 2.79 bits per heavy atom. The molecular weight excluding hydrogens is 172 g/mol. The summed E-state index contributed by atoms with van der Waals surface area (Å²) in [6.07, 6.45) is 5.40. The molecule has 2 aromatic rings. The lowest BCUT2D eigenvalue weighted by Gasteiger charge is -2.05. The highest BCUT2D eigenvalue weighted by Gasteiger charge is 2.20. The number of rotatable bonds is 1. The van der Waals surface area contributed by atoms with E-state index in [1.54, 1.807) is 0 Å². The van der Waals surface area contributed by atoms with E-state index in [4.69, 9.17) is 0 Å². The van der Waals surface area contributed by atoms with Gasteiger partial charge in [0.1, 0.15) is 0 Å². The summed E-state index contributed by atoms with van der Waals surface area (Å²) in [5, 5.41) is 8.86. The molecule has 2 heteroatoms. The minimum Gasteiger partial charge on any atom is -0.281 e. The van der Waals surface area contributed by atoms with Gasteiger partial charge in [0.05, 0.1) is 5.52 Å². The normalized spacial score (nSPS) is 18.0. The van der Waals surface area contributed by atoms with Crippen LogP contribution in [-0.4, -0.2) is 10.2 Å². The van der Waals surface area contributed by atoms with Gasteiger partial charge in [-0.15, -0.1) is 0 Å². The maximum Gasteiger partial charge on any atom is 0.0923 e. The number of hydrogen-bond donors (Lipinski definition) is 1. The number of aromatic nitrogens is 2. The zero-order valence-corrected chi connectivity index (χ0v) is 8.16. The summed E-state index contributed by atoms with van der Waals surface area (Å²) in [6, 6.07) is 8.38. The van der Waals surface area contributed by atoms with Gasteiger partial charge in [-0.1, -0.05) is 31.0 Å². The Labute approximate surface area is 83.3 Å². The van der Waals surface area contributed by atoms with Crippen LogP contribution < -0.4 is 0 Å². The van der Waals surface area contributed by atoms with Crippen LogP contribution in [0.15, 0.2) is 24.3 Å². The molecule has 0 saturated heterocycles. The van der Waals surface area contributed by atoms with Crippen molar-refractivity contribution in [3.05, 3.63) is 30.0 Å². The number of benzene rings is 1. The van der Waals surface area contributed by atoms with Crippen molar-refractivity contribution in [1.82, 2.24) is 10.2 Å². The van der Waals surface area contributed by atoms with Crippen molar-refractivity contribution in [1.29, 1.82) is 0 Å². The van der Waals surface area contributed by atoms with Crippen LogP contribution in [0, 0.1) is 0 Å². The van der Waals surface area contributed by atoms with Crippen molar-refractivity contribution in [3.8, 4) is 0 Å². The molecule has 0 unspecified atom stereocenters. The first-order chi connectivity index (χ1) is 6.95. The van der Waals surface area contributed by atoms with Gasteiger partial charge in [0.2, 0.25) is 0 Å². The van der Waals surface area contributed by atoms with Crippen LogP contribution in [0.5, 0.6) is 0 Å². The molecular formula is C12H14N2. The van der Waals surface area contributed by atoms with E-state index in [-0.39, 0.29) is 0 Å². The predicted octanol–water partition coefficient (Wildman–Crippen LogP) is 3.22. The second-order valence-electron chi connectivity index (χ2n) is 4.14. The molecule has 1 heterocycles. The van der Waals surface area contributed by atoms with E-state index in [1.807, 2.05) is 6.07 Å². The molecule has 0 aliphatic heterocycles. The average molecular weight is 186 g/mol. The fraction of sp³-hybridized carbons (Fsp3) is 0.417. The highest BCUT2D eigenvalue weighted by atomic mass is 15.1. The van der Waals surface area contributed by atoms with Gasteiger partial charge in [0.15, 0.2) is 0 Å². The zero-order valence-electron chi connectivity index (χ0n) is 8.16. The summed E-state index contributed by atoms with van der Waals surface area (Å²) in [5.74, 6) is 0.724. The molecule has 1 fully saturated rings. The zero-order chi connectivity index (χ0) is 9.38. The van der Waals surface area contributed by atoms with E-state index in [1.165, 1.54) is 36.8 Å². The summed E-state index contributed by atoms with van der Waals surface area (Å²) in [4.78, 5) is 0. The fourth-order valence-electron chi connectivity index (χ4n) is 2.51. The number of hydrogen-bond acceptors (Lipinski definition) is 1. The number of fused-ring (bicyclic) bond motifs is 1. The highest BCUT2D eigenvalue weighted by molar-refractivity contribution is 5.81. The van der Waals surface area contributed by atoms with Gasteiger partial charge < -0.3 is 0 Å². The Bertz CT molecular complexity index is 438. The summed E-state index contributed by atoms with van der Waals surface area (Å²) >= 11 is 0. The van der Waals surface area contributed by atoms with Crippen molar-refractivity contribution in [2.45, 2.75) is 31.6 Å². The first-order valence-electron chi connectivity index (χ1n) is 5.38. The molecule has 1 aromatic heterocycles. The Morgan fingerprint density at radius 2 is 1.93 bits per heavy atom. The van der Waals surface area contributed by atoms with E-state index in [9.17, 15) is 0 Å². The maximum absolute atomic E-state index is 4.34.